The van der Waals surface area contributed by atoms with Crippen molar-refractivity contribution in [2.75, 3.05) is 19.8 Å². The summed E-state index contributed by atoms with van der Waals surface area (Å²) in [5, 5.41) is 1.77. The Bertz CT molecular complexity index is 407. The van der Waals surface area contributed by atoms with Crippen LogP contribution < -0.4 is 4.72 Å². The molecule has 0 atom stereocenters. The first kappa shape index (κ1) is 12.0. The normalized spacial score (nSPS) is 18.8. The van der Waals surface area contributed by atoms with Gasteiger partial charge in [0.15, 0.2) is 0 Å². The van der Waals surface area contributed by atoms with Crippen LogP contribution in [0.4, 0.5) is 0 Å². The van der Waals surface area contributed by atoms with Gasteiger partial charge >= 0.3 is 0 Å². The van der Waals surface area contributed by atoms with Crippen molar-refractivity contribution in [1.29, 1.82) is 0 Å². The second kappa shape index (κ2) is 5.27. The first-order chi connectivity index (χ1) is 7.68. The Hall–Kier alpha value is -0.430. The molecule has 0 aliphatic carbocycles. The molecular formula is C10H15NO3S2. The van der Waals surface area contributed by atoms with Gasteiger partial charge in [0.1, 0.15) is 4.21 Å². The number of thiophene rings is 1. The highest BCUT2D eigenvalue weighted by molar-refractivity contribution is 7.91. The summed E-state index contributed by atoms with van der Waals surface area (Å²) >= 11 is 1.24. The van der Waals surface area contributed by atoms with Gasteiger partial charge in [-0.1, -0.05) is 6.07 Å². The Kier molecular flexibility index (Phi) is 3.96. The number of nitrogens with one attached hydrogen (secondary N) is 1. The minimum atomic E-state index is -3.29. The van der Waals surface area contributed by atoms with Gasteiger partial charge in [0, 0.05) is 19.8 Å². The number of hydrogen-bond acceptors (Lipinski definition) is 4. The number of hydrogen-bond donors (Lipinski definition) is 1. The van der Waals surface area contributed by atoms with E-state index < -0.39 is 10.0 Å². The SMILES string of the molecule is O=S(=O)(NCC1CCOCC1)c1cccs1. The van der Waals surface area contributed by atoms with Crippen LogP contribution in [-0.4, -0.2) is 28.2 Å². The van der Waals surface area contributed by atoms with Crippen molar-refractivity contribution in [3.8, 4) is 0 Å². The summed E-state index contributed by atoms with van der Waals surface area (Å²) in [5.74, 6) is 0.406. The van der Waals surface area contributed by atoms with Gasteiger partial charge in [-0.05, 0) is 30.2 Å². The molecule has 0 aromatic carbocycles. The second-order valence-electron chi connectivity index (χ2n) is 3.84. The van der Waals surface area contributed by atoms with Gasteiger partial charge in [0.05, 0.1) is 0 Å². The average molecular weight is 261 g/mol. The maximum Gasteiger partial charge on any atom is 0.250 e. The summed E-state index contributed by atoms with van der Waals surface area (Å²) in [6, 6.07) is 3.37. The zero-order valence-corrected chi connectivity index (χ0v) is 10.5. The van der Waals surface area contributed by atoms with Gasteiger partial charge in [0.2, 0.25) is 10.0 Å². The average Bonchev–Trinajstić information content (AvgIpc) is 2.82. The molecule has 4 nitrogen and oxygen atoms in total. The van der Waals surface area contributed by atoms with E-state index in [1.807, 2.05) is 0 Å². The topological polar surface area (TPSA) is 55.4 Å². The molecule has 0 amide bonds. The van der Waals surface area contributed by atoms with Gasteiger partial charge in [0.25, 0.3) is 0 Å². The van der Waals surface area contributed by atoms with Crippen LogP contribution in [0.5, 0.6) is 0 Å². The van der Waals surface area contributed by atoms with E-state index in [-0.39, 0.29) is 0 Å². The fraction of sp³-hybridized carbons (Fsp3) is 0.600. The summed E-state index contributed by atoms with van der Waals surface area (Å²) in [4.78, 5) is 0. The fourth-order valence-corrected chi connectivity index (χ4v) is 3.82. The van der Waals surface area contributed by atoms with Crippen molar-refractivity contribution in [3.05, 3.63) is 17.5 Å². The van der Waals surface area contributed by atoms with Gasteiger partial charge < -0.3 is 4.74 Å². The van der Waals surface area contributed by atoms with E-state index in [0.717, 1.165) is 26.1 Å². The van der Waals surface area contributed by atoms with E-state index in [1.54, 1.807) is 17.5 Å². The van der Waals surface area contributed by atoms with Gasteiger partial charge in [-0.2, -0.15) is 0 Å². The van der Waals surface area contributed by atoms with E-state index in [2.05, 4.69) is 4.72 Å². The van der Waals surface area contributed by atoms with Crippen LogP contribution in [0.2, 0.25) is 0 Å². The first-order valence-electron chi connectivity index (χ1n) is 5.29. The van der Waals surface area contributed by atoms with E-state index in [4.69, 9.17) is 4.74 Å². The molecule has 1 saturated heterocycles. The molecule has 0 radical (unpaired) electrons. The van der Waals surface area contributed by atoms with Crippen molar-refractivity contribution in [2.45, 2.75) is 17.1 Å². The number of ether oxygens (including phenoxy) is 1. The van der Waals surface area contributed by atoms with Crippen molar-refractivity contribution in [2.24, 2.45) is 5.92 Å². The van der Waals surface area contributed by atoms with Crippen molar-refractivity contribution < 1.29 is 13.2 Å². The molecule has 1 fully saturated rings. The molecule has 2 heterocycles. The zero-order chi connectivity index (χ0) is 11.4. The van der Waals surface area contributed by atoms with Crippen LogP contribution in [0.1, 0.15) is 12.8 Å². The Morgan fingerprint density at radius 3 is 2.81 bits per heavy atom. The van der Waals surface area contributed by atoms with Gasteiger partial charge in [-0.3, -0.25) is 0 Å². The van der Waals surface area contributed by atoms with Gasteiger partial charge in [-0.25, -0.2) is 13.1 Å². The molecule has 0 unspecified atom stereocenters. The Morgan fingerprint density at radius 1 is 1.44 bits per heavy atom. The van der Waals surface area contributed by atoms with E-state index in [1.165, 1.54) is 11.3 Å². The van der Waals surface area contributed by atoms with E-state index in [0.29, 0.717) is 16.7 Å². The highest BCUT2D eigenvalue weighted by Crippen LogP contribution is 2.17. The molecule has 16 heavy (non-hydrogen) atoms. The van der Waals surface area contributed by atoms with Crippen LogP contribution in [0.3, 0.4) is 0 Å². The summed E-state index contributed by atoms with van der Waals surface area (Å²) < 4.78 is 31.9. The lowest BCUT2D eigenvalue weighted by Gasteiger charge is -2.21. The molecule has 0 saturated carbocycles. The molecule has 90 valence electrons. The largest absolute Gasteiger partial charge is 0.381 e. The van der Waals surface area contributed by atoms with Gasteiger partial charge in [-0.15, -0.1) is 11.3 Å². The Morgan fingerprint density at radius 2 is 2.19 bits per heavy atom. The lowest BCUT2D eigenvalue weighted by atomic mass is 10.0. The fourth-order valence-electron chi connectivity index (χ4n) is 1.67. The summed E-state index contributed by atoms with van der Waals surface area (Å²) in [6.07, 6.45) is 1.87. The Labute approximate surface area is 99.7 Å². The summed E-state index contributed by atoms with van der Waals surface area (Å²) in [7, 11) is -3.29. The molecule has 2 rings (SSSR count). The second-order valence-corrected chi connectivity index (χ2v) is 6.78. The third-order valence-electron chi connectivity index (χ3n) is 2.66. The highest BCUT2D eigenvalue weighted by Gasteiger charge is 2.19. The van der Waals surface area contributed by atoms with Crippen LogP contribution in [0.25, 0.3) is 0 Å². The maximum absolute atomic E-state index is 11.8. The molecule has 1 aliphatic heterocycles. The third-order valence-corrected chi connectivity index (χ3v) is 5.48. The lowest BCUT2D eigenvalue weighted by molar-refractivity contribution is 0.0678. The van der Waals surface area contributed by atoms with Crippen LogP contribution in [0, 0.1) is 5.92 Å². The van der Waals surface area contributed by atoms with Crippen molar-refractivity contribution in [3.63, 3.8) is 0 Å². The quantitative estimate of drug-likeness (QED) is 0.892. The predicted molar refractivity (Wildman–Crippen MR) is 63.1 cm³/mol. The van der Waals surface area contributed by atoms with Crippen LogP contribution in [-0.2, 0) is 14.8 Å². The van der Waals surface area contributed by atoms with E-state index >= 15 is 0 Å². The molecule has 1 N–H and O–H groups in total. The predicted octanol–water partition coefficient (Wildman–Crippen LogP) is 1.45. The Balaban J connectivity index is 1.89. The zero-order valence-electron chi connectivity index (χ0n) is 8.89. The maximum atomic E-state index is 11.8. The van der Waals surface area contributed by atoms with Crippen molar-refractivity contribution in [1.82, 2.24) is 4.72 Å². The third kappa shape index (κ3) is 3.04. The molecule has 1 aromatic heterocycles. The smallest absolute Gasteiger partial charge is 0.250 e. The van der Waals surface area contributed by atoms with Crippen LogP contribution in [0.15, 0.2) is 21.7 Å². The summed E-state index contributed by atoms with van der Waals surface area (Å²) in [5.41, 5.74) is 0. The first-order valence-corrected chi connectivity index (χ1v) is 7.66. The lowest BCUT2D eigenvalue weighted by Crippen LogP contribution is -2.31. The van der Waals surface area contributed by atoms with Crippen molar-refractivity contribution >= 4 is 21.4 Å². The molecule has 0 bridgehead atoms. The van der Waals surface area contributed by atoms with E-state index in [9.17, 15) is 8.42 Å². The molecule has 1 aromatic rings. The highest BCUT2D eigenvalue weighted by atomic mass is 32.2. The minimum Gasteiger partial charge on any atom is -0.381 e. The molecule has 1 aliphatic rings. The minimum absolute atomic E-state index is 0.388. The molecule has 0 spiro atoms. The molecular weight excluding hydrogens is 246 g/mol. The van der Waals surface area contributed by atoms with Crippen LogP contribution >= 0.6 is 11.3 Å². The standard InChI is InChI=1S/C10H15NO3S2/c12-16(13,10-2-1-7-15-10)11-8-9-3-5-14-6-4-9/h1-2,7,9,11H,3-6,8H2. The molecule has 6 heteroatoms. The summed E-state index contributed by atoms with van der Waals surface area (Å²) in [6.45, 7) is 2.00. The number of rotatable bonds is 4. The monoisotopic (exact) mass is 261 g/mol. The number of sulfonamides is 1.